The topological polar surface area (TPSA) is 46.9 Å². The number of methoxy groups -OCH3 is 1. The Morgan fingerprint density at radius 1 is 1.17 bits per heavy atom. The minimum absolute atomic E-state index is 0.185. The summed E-state index contributed by atoms with van der Waals surface area (Å²) in [6.45, 7) is 3.17. The van der Waals surface area contributed by atoms with Gasteiger partial charge in [-0.05, 0) is 18.2 Å². The number of aromatic nitrogens is 1. The molecule has 0 atom stereocenters. The lowest BCUT2D eigenvalue weighted by atomic mass is 9.97. The van der Waals surface area contributed by atoms with Crippen LogP contribution in [0, 0.1) is 0 Å². The number of carbonyl (C=O) groups is 1. The van der Waals surface area contributed by atoms with Gasteiger partial charge >= 0.3 is 0 Å². The molecular weight excluding hydrogens is 382 g/mol. The average Bonchev–Trinajstić information content (AvgIpc) is 3.19. The third-order valence-electron chi connectivity index (χ3n) is 5.78. The van der Waals surface area contributed by atoms with Crippen molar-refractivity contribution in [1.29, 1.82) is 0 Å². The molecule has 2 heterocycles. The van der Waals surface area contributed by atoms with E-state index in [-0.39, 0.29) is 5.91 Å². The van der Waals surface area contributed by atoms with Crippen molar-refractivity contribution in [2.45, 2.75) is 25.3 Å². The molecule has 0 bridgehead atoms. The van der Waals surface area contributed by atoms with Gasteiger partial charge < -0.3 is 14.5 Å². The molecule has 0 radical (unpaired) electrons. The zero-order valence-corrected chi connectivity index (χ0v) is 17.9. The third-order valence-corrected chi connectivity index (χ3v) is 6.98. The zero-order valence-electron chi connectivity index (χ0n) is 17.1. The fourth-order valence-corrected chi connectivity index (χ4v) is 5.18. The van der Waals surface area contributed by atoms with Crippen LogP contribution in [0.4, 0.5) is 0 Å². The SMILES string of the molecule is COc1ccccc1CN(C)C(=O)C[NH+]1CCC(c2nc3ccccc3s2)CC1. The van der Waals surface area contributed by atoms with Crippen LogP contribution in [-0.2, 0) is 11.3 Å². The summed E-state index contributed by atoms with van der Waals surface area (Å²) >= 11 is 1.82. The Morgan fingerprint density at radius 2 is 1.90 bits per heavy atom. The van der Waals surface area contributed by atoms with Gasteiger partial charge in [-0.2, -0.15) is 0 Å². The Bertz CT molecular complexity index is 946. The minimum atomic E-state index is 0.185. The highest BCUT2D eigenvalue weighted by Crippen LogP contribution is 2.31. The Kier molecular flexibility index (Phi) is 6.11. The quantitative estimate of drug-likeness (QED) is 0.680. The first-order valence-electron chi connectivity index (χ1n) is 10.2. The van der Waals surface area contributed by atoms with Crippen LogP contribution in [-0.4, -0.2) is 49.6 Å². The maximum absolute atomic E-state index is 12.7. The highest BCUT2D eigenvalue weighted by molar-refractivity contribution is 7.18. The van der Waals surface area contributed by atoms with Crippen molar-refractivity contribution in [2.75, 3.05) is 33.8 Å². The molecule has 1 aromatic heterocycles. The van der Waals surface area contributed by atoms with Crippen molar-refractivity contribution in [3.05, 3.63) is 59.1 Å². The first-order valence-corrected chi connectivity index (χ1v) is 11.0. The number of nitrogens with one attached hydrogen (secondary N) is 1. The van der Waals surface area contributed by atoms with Gasteiger partial charge in [0.25, 0.3) is 5.91 Å². The van der Waals surface area contributed by atoms with E-state index in [1.165, 1.54) is 14.6 Å². The van der Waals surface area contributed by atoms with E-state index in [1.807, 2.05) is 53.6 Å². The van der Waals surface area contributed by atoms with E-state index in [0.29, 0.717) is 19.0 Å². The number of likely N-dealkylation sites (N-methyl/N-ethyl adjacent to an activating group) is 1. The van der Waals surface area contributed by atoms with Crippen LogP contribution in [0.25, 0.3) is 10.2 Å². The second-order valence-corrected chi connectivity index (χ2v) is 8.84. The maximum atomic E-state index is 12.7. The van der Waals surface area contributed by atoms with Crippen LogP contribution in [0.1, 0.15) is 29.3 Å². The number of amides is 1. The average molecular weight is 411 g/mol. The molecule has 1 aliphatic heterocycles. The molecule has 0 saturated carbocycles. The number of hydrogen-bond donors (Lipinski definition) is 1. The van der Waals surface area contributed by atoms with E-state index in [9.17, 15) is 4.79 Å². The number of nitrogens with zero attached hydrogens (tertiary/aromatic N) is 2. The molecular formula is C23H28N3O2S+. The lowest BCUT2D eigenvalue weighted by Gasteiger charge is -2.29. The van der Waals surface area contributed by atoms with Crippen LogP contribution in [0.5, 0.6) is 5.75 Å². The number of benzene rings is 2. The van der Waals surface area contributed by atoms with Crippen molar-refractivity contribution in [2.24, 2.45) is 0 Å². The summed E-state index contributed by atoms with van der Waals surface area (Å²) in [5.74, 6) is 1.54. The summed E-state index contributed by atoms with van der Waals surface area (Å²) in [4.78, 5) is 20.8. The van der Waals surface area contributed by atoms with Gasteiger partial charge in [-0.3, -0.25) is 4.79 Å². The van der Waals surface area contributed by atoms with E-state index < -0.39 is 0 Å². The predicted octanol–water partition coefficient (Wildman–Crippen LogP) is 2.73. The molecule has 152 valence electrons. The van der Waals surface area contributed by atoms with Crippen molar-refractivity contribution < 1.29 is 14.4 Å². The highest BCUT2D eigenvalue weighted by atomic mass is 32.1. The first-order chi connectivity index (χ1) is 14.1. The minimum Gasteiger partial charge on any atom is -0.496 e. The molecule has 1 saturated heterocycles. The summed E-state index contributed by atoms with van der Waals surface area (Å²) < 4.78 is 6.67. The lowest BCUT2D eigenvalue weighted by molar-refractivity contribution is -0.897. The number of quaternary nitrogens is 1. The number of fused-ring (bicyclic) bond motifs is 1. The summed E-state index contributed by atoms with van der Waals surface area (Å²) in [6, 6.07) is 16.2. The van der Waals surface area contributed by atoms with Gasteiger partial charge in [-0.1, -0.05) is 30.3 Å². The number of para-hydroxylation sites is 2. The van der Waals surface area contributed by atoms with Crippen LogP contribution >= 0.6 is 11.3 Å². The largest absolute Gasteiger partial charge is 0.496 e. The fourth-order valence-electron chi connectivity index (χ4n) is 4.04. The molecule has 1 N–H and O–H groups in total. The van der Waals surface area contributed by atoms with E-state index in [4.69, 9.17) is 9.72 Å². The Balaban J connectivity index is 1.30. The van der Waals surface area contributed by atoms with Crippen molar-refractivity contribution in [1.82, 2.24) is 9.88 Å². The number of piperidine rings is 1. The highest BCUT2D eigenvalue weighted by Gasteiger charge is 2.28. The molecule has 4 rings (SSSR count). The second kappa shape index (κ2) is 8.93. The number of hydrogen-bond acceptors (Lipinski definition) is 4. The number of ether oxygens (including phenoxy) is 1. The van der Waals surface area contributed by atoms with Crippen molar-refractivity contribution >= 4 is 27.5 Å². The monoisotopic (exact) mass is 410 g/mol. The molecule has 0 unspecified atom stereocenters. The Labute approximate surface area is 175 Å². The van der Waals surface area contributed by atoms with Gasteiger partial charge in [0.15, 0.2) is 6.54 Å². The van der Waals surface area contributed by atoms with Gasteiger partial charge in [-0.25, -0.2) is 4.98 Å². The number of thiazole rings is 1. The number of rotatable bonds is 6. The fraction of sp³-hybridized carbons (Fsp3) is 0.391. The Morgan fingerprint density at radius 3 is 2.66 bits per heavy atom. The first kappa shape index (κ1) is 19.9. The summed E-state index contributed by atoms with van der Waals surface area (Å²) in [7, 11) is 3.54. The molecule has 0 spiro atoms. The van der Waals surface area contributed by atoms with Crippen LogP contribution < -0.4 is 9.64 Å². The molecule has 29 heavy (non-hydrogen) atoms. The molecule has 1 aliphatic rings. The lowest BCUT2D eigenvalue weighted by Crippen LogP contribution is -3.14. The standard InChI is InChI=1S/C23H27N3O2S/c1-25(15-18-7-3-5-9-20(18)28-2)22(27)16-26-13-11-17(12-14-26)23-24-19-8-4-6-10-21(19)29-23/h3-10,17H,11-16H2,1-2H3/p+1. The van der Waals surface area contributed by atoms with E-state index in [0.717, 1.165) is 42.8 Å². The molecule has 2 aromatic carbocycles. The normalized spacial score (nSPS) is 19.2. The molecule has 5 nitrogen and oxygen atoms in total. The van der Waals surface area contributed by atoms with Gasteiger partial charge in [0.2, 0.25) is 0 Å². The molecule has 0 aliphatic carbocycles. The third kappa shape index (κ3) is 4.60. The molecule has 1 amide bonds. The van der Waals surface area contributed by atoms with Crippen molar-refractivity contribution in [3.63, 3.8) is 0 Å². The van der Waals surface area contributed by atoms with Crippen molar-refractivity contribution in [3.8, 4) is 5.75 Å². The van der Waals surface area contributed by atoms with E-state index in [2.05, 4.69) is 18.2 Å². The maximum Gasteiger partial charge on any atom is 0.277 e. The Hall–Kier alpha value is -2.44. The second-order valence-electron chi connectivity index (χ2n) is 7.78. The number of carbonyl (C=O) groups excluding carboxylic acids is 1. The van der Waals surface area contributed by atoms with E-state index in [1.54, 1.807) is 7.11 Å². The smallest absolute Gasteiger partial charge is 0.277 e. The molecule has 3 aromatic rings. The van der Waals surface area contributed by atoms with E-state index >= 15 is 0 Å². The zero-order chi connectivity index (χ0) is 20.2. The van der Waals surface area contributed by atoms with Crippen LogP contribution in [0.2, 0.25) is 0 Å². The van der Waals surface area contributed by atoms with Crippen LogP contribution in [0.3, 0.4) is 0 Å². The predicted molar refractivity (Wildman–Crippen MR) is 117 cm³/mol. The summed E-state index contributed by atoms with van der Waals surface area (Å²) in [5, 5.41) is 1.25. The van der Waals surface area contributed by atoms with Gasteiger partial charge in [-0.15, -0.1) is 11.3 Å². The van der Waals surface area contributed by atoms with Gasteiger partial charge in [0.05, 0.1) is 35.4 Å². The summed E-state index contributed by atoms with van der Waals surface area (Å²) in [5.41, 5.74) is 2.14. The van der Waals surface area contributed by atoms with Crippen LogP contribution in [0.15, 0.2) is 48.5 Å². The van der Waals surface area contributed by atoms with Gasteiger partial charge in [0, 0.05) is 37.9 Å². The van der Waals surface area contributed by atoms with Gasteiger partial charge in [0.1, 0.15) is 5.75 Å². The summed E-state index contributed by atoms with van der Waals surface area (Å²) in [6.07, 6.45) is 2.19. The molecule has 1 fully saturated rings. The number of likely N-dealkylation sites (tertiary alicyclic amines) is 1. The molecule has 6 heteroatoms.